The van der Waals surface area contributed by atoms with Crippen LogP contribution in [-0.2, 0) is 16.1 Å². The maximum atomic E-state index is 13.5. The molecule has 0 atom stereocenters. The Morgan fingerprint density at radius 3 is 2.11 bits per heavy atom. The van der Waals surface area contributed by atoms with E-state index in [1.54, 1.807) is 20.8 Å². The molecule has 0 bridgehead atoms. The lowest BCUT2D eigenvalue weighted by Crippen LogP contribution is -2.57. The van der Waals surface area contributed by atoms with E-state index < -0.39 is 29.6 Å². The van der Waals surface area contributed by atoms with Crippen LogP contribution in [0.3, 0.4) is 0 Å². The van der Waals surface area contributed by atoms with Crippen LogP contribution in [0.25, 0.3) is 0 Å². The summed E-state index contributed by atoms with van der Waals surface area (Å²) in [5.74, 6) is -0.621. The molecule has 2 saturated heterocycles. The predicted octanol–water partition coefficient (Wildman–Crippen LogP) is 4.78. The van der Waals surface area contributed by atoms with Gasteiger partial charge in [-0.15, -0.1) is 13.2 Å². The minimum atomic E-state index is -4.80. The zero-order valence-electron chi connectivity index (χ0n) is 20.6. The van der Waals surface area contributed by atoms with Crippen LogP contribution < -0.4 is 4.74 Å². The van der Waals surface area contributed by atoms with Gasteiger partial charge in [0.05, 0.1) is 0 Å². The standard InChI is InChI=1S/C24H32F3N3O5/c1-16(2)14-29-19(31)23(10-12-28(13-11-23)21(33)35-22(3,4)5)30(20(29)32)15-17-6-8-18(9-7-17)34-24(25,26)27/h6-9,16H,10-15H2,1-5H3. The highest BCUT2D eigenvalue weighted by Crippen LogP contribution is 2.39. The molecule has 0 N–H and O–H groups in total. The molecule has 3 rings (SSSR count). The van der Waals surface area contributed by atoms with E-state index in [-0.39, 0.29) is 56.6 Å². The number of alkyl halides is 3. The third kappa shape index (κ3) is 6.18. The summed E-state index contributed by atoms with van der Waals surface area (Å²) in [7, 11) is 0. The summed E-state index contributed by atoms with van der Waals surface area (Å²) in [6.45, 7) is 9.88. The molecule has 2 aliphatic heterocycles. The molecule has 2 aliphatic rings. The molecule has 194 valence electrons. The van der Waals surface area contributed by atoms with Gasteiger partial charge in [-0.25, -0.2) is 9.59 Å². The summed E-state index contributed by atoms with van der Waals surface area (Å²) in [5, 5.41) is 0. The van der Waals surface area contributed by atoms with Crippen molar-refractivity contribution in [1.29, 1.82) is 0 Å². The molecule has 0 aromatic heterocycles. The molecule has 0 radical (unpaired) electrons. The van der Waals surface area contributed by atoms with Gasteiger partial charge in [0.2, 0.25) is 0 Å². The Hall–Kier alpha value is -2.98. The van der Waals surface area contributed by atoms with E-state index in [1.807, 2.05) is 13.8 Å². The second-order valence-corrected chi connectivity index (χ2v) is 10.4. The maximum absolute atomic E-state index is 13.5. The lowest BCUT2D eigenvalue weighted by atomic mass is 9.85. The number of likely N-dealkylation sites (tertiary alicyclic amines) is 1. The summed E-state index contributed by atoms with van der Waals surface area (Å²) >= 11 is 0. The molecule has 1 aromatic carbocycles. The minimum Gasteiger partial charge on any atom is -0.444 e. The smallest absolute Gasteiger partial charge is 0.444 e. The number of carbonyl (C=O) groups is 3. The Bertz CT molecular complexity index is 949. The van der Waals surface area contributed by atoms with Crippen LogP contribution in [0.4, 0.5) is 22.8 Å². The van der Waals surface area contributed by atoms with Crippen molar-refractivity contribution in [1.82, 2.24) is 14.7 Å². The van der Waals surface area contributed by atoms with Crippen LogP contribution in [0.2, 0.25) is 0 Å². The van der Waals surface area contributed by atoms with E-state index in [2.05, 4.69) is 4.74 Å². The fourth-order valence-corrected chi connectivity index (χ4v) is 4.38. The van der Waals surface area contributed by atoms with Crippen molar-refractivity contribution in [3.05, 3.63) is 29.8 Å². The van der Waals surface area contributed by atoms with Crippen molar-refractivity contribution in [3.63, 3.8) is 0 Å². The summed E-state index contributed by atoms with van der Waals surface area (Å²) < 4.78 is 46.8. The van der Waals surface area contributed by atoms with E-state index in [1.165, 1.54) is 39.0 Å². The first-order chi connectivity index (χ1) is 16.1. The molecule has 1 spiro atoms. The molecule has 4 amide bonds. The quantitative estimate of drug-likeness (QED) is 0.545. The number of carbonyl (C=O) groups excluding carboxylic acids is 3. The highest BCUT2D eigenvalue weighted by atomic mass is 19.4. The second kappa shape index (κ2) is 9.58. The van der Waals surface area contributed by atoms with Crippen LogP contribution in [-0.4, -0.2) is 69.9 Å². The number of amides is 4. The van der Waals surface area contributed by atoms with E-state index in [0.717, 1.165) is 0 Å². The van der Waals surface area contributed by atoms with Gasteiger partial charge in [-0.05, 0) is 57.2 Å². The van der Waals surface area contributed by atoms with E-state index >= 15 is 0 Å². The SMILES string of the molecule is CC(C)CN1C(=O)N(Cc2ccc(OC(F)(F)F)cc2)C2(CCN(C(=O)OC(C)(C)C)CC2)C1=O. The Labute approximate surface area is 202 Å². The number of hydrogen-bond acceptors (Lipinski definition) is 5. The third-order valence-electron chi connectivity index (χ3n) is 5.91. The number of imide groups is 1. The molecule has 2 heterocycles. The summed E-state index contributed by atoms with van der Waals surface area (Å²) in [6, 6.07) is 4.79. The largest absolute Gasteiger partial charge is 0.573 e. The molecular formula is C24H32F3N3O5. The Balaban J connectivity index is 1.82. The van der Waals surface area contributed by atoms with E-state index in [4.69, 9.17) is 4.74 Å². The first-order valence-corrected chi connectivity index (χ1v) is 11.6. The summed E-state index contributed by atoms with van der Waals surface area (Å²) in [6.07, 6.45) is -4.81. The molecule has 1 aromatic rings. The average molecular weight is 500 g/mol. The van der Waals surface area contributed by atoms with Crippen molar-refractivity contribution in [2.24, 2.45) is 5.92 Å². The molecule has 2 fully saturated rings. The Kier molecular flexibility index (Phi) is 7.29. The van der Waals surface area contributed by atoms with Gasteiger partial charge in [-0.3, -0.25) is 9.69 Å². The van der Waals surface area contributed by atoms with Crippen LogP contribution in [0.15, 0.2) is 24.3 Å². The van der Waals surface area contributed by atoms with Gasteiger partial charge in [0.25, 0.3) is 5.91 Å². The number of nitrogens with zero attached hydrogens (tertiary/aromatic N) is 3. The first kappa shape index (κ1) is 26.6. The van der Waals surface area contributed by atoms with Gasteiger partial charge in [0.1, 0.15) is 16.9 Å². The van der Waals surface area contributed by atoms with Crippen molar-refractivity contribution in [3.8, 4) is 5.75 Å². The fraction of sp³-hybridized carbons (Fsp3) is 0.625. The number of halogens is 3. The van der Waals surface area contributed by atoms with Gasteiger partial charge >= 0.3 is 18.5 Å². The maximum Gasteiger partial charge on any atom is 0.573 e. The van der Waals surface area contributed by atoms with Crippen LogP contribution >= 0.6 is 0 Å². The van der Waals surface area contributed by atoms with Crippen molar-refractivity contribution in [2.75, 3.05) is 19.6 Å². The van der Waals surface area contributed by atoms with E-state index in [9.17, 15) is 27.6 Å². The minimum absolute atomic E-state index is 0.0396. The van der Waals surface area contributed by atoms with Crippen LogP contribution in [0.1, 0.15) is 53.0 Å². The number of urea groups is 1. The molecule has 8 nitrogen and oxygen atoms in total. The monoisotopic (exact) mass is 499 g/mol. The van der Waals surface area contributed by atoms with Gasteiger partial charge < -0.3 is 19.3 Å². The average Bonchev–Trinajstić information content (AvgIpc) is 2.89. The van der Waals surface area contributed by atoms with Gasteiger partial charge in [-0.2, -0.15) is 0 Å². The van der Waals surface area contributed by atoms with Crippen molar-refractivity contribution in [2.45, 2.75) is 71.5 Å². The number of ether oxygens (including phenoxy) is 2. The number of rotatable bonds is 5. The number of piperidine rings is 1. The zero-order chi connectivity index (χ0) is 26.2. The van der Waals surface area contributed by atoms with Crippen LogP contribution in [0, 0.1) is 5.92 Å². The van der Waals surface area contributed by atoms with Gasteiger partial charge in [0, 0.05) is 26.2 Å². The summed E-state index contributed by atoms with van der Waals surface area (Å²) in [4.78, 5) is 43.6. The predicted molar refractivity (Wildman–Crippen MR) is 120 cm³/mol. The lowest BCUT2D eigenvalue weighted by Gasteiger charge is -2.42. The topological polar surface area (TPSA) is 79.4 Å². The highest BCUT2D eigenvalue weighted by molar-refractivity contribution is 6.07. The van der Waals surface area contributed by atoms with Gasteiger partial charge in [-0.1, -0.05) is 26.0 Å². The molecule has 35 heavy (non-hydrogen) atoms. The Morgan fingerprint density at radius 1 is 1.06 bits per heavy atom. The highest BCUT2D eigenvalue weighted by Gasteiger charge is 2.58. The fourth-order valence-electron chi connectivity index (χ4n) is 4.38. The first-order valence-electron chi connectivity index (χ1n) is 11.6. The number of hydrogen-bond donors (Lipinski definition) is 0. The lowest BCUT2D eigenvalue weighted by molar-refractivity contribution is -0.274. The Morgan fingerprint density at radius 2 is 1.63 bits per heavy atom. The zero-order valence-corrected chi connectivity index (χ0v) is 20.6. The van der Waals surface area contributed by atoms with Crippen molar-refractivity contribution >= 4 is 18.0 Å². The van der Waals surface area contributed by atoms with E-state index in [0.29, 0.717) is 5.56 Å². The number of benzene rings is 1. The molecule has 11 heteroatoms. The third-order valence-corrected chi connectivity index (χ3v) is 5.91. The van der Waals surface area contributed by atoms with Crippen LogP contribution in [0.5, 0.6) is 5.75 Å². The molecule has 0 aliphatic carbocycles. The summed E-state index contributed by atoms with van der Waals surface area (Å²) in [5.41, 5.74) is -1.24. The molecular weight excluding hydrogens is 467 g/mol. The molecule has 0 saturated carbocycles. The van der Waals surface area contributed by atoms with Crippen molar-refractivity contribution < 1.29 is 37.0 Å². The van der Waals surface area contributed by atoms with Gasteiger partial charge in [0.15, 0.2) is 0 Å². The normalized spacial score (nSPS) is 18.6. The second-order valence-electron chi connectivity index (χ2n) is 10.4. The molecule has 0 unspecified atom stereocenters.